The molecule has 1 saturated heterocycles. The fourth-order valence-electron chi connectivity index (χ4n) is 5.30. The van der Waals surface area contributed by atoms with Gasteiger partial charge in [-0.05, 0) is 81.4 Å². The largest absolute Gasteiger partial charge is 0.497 e. The first kappa shape index (κ1) is 22.9. The minimum absolute atomic E-state index is 0.161. The maximum absolute atomic E-state index is 12.4. The molecule has 2 aliphatic rings. The summed E-state index contributed by atoms with van der Waals surface area (Å²) >= 11 is 0. The topological polar surface area (TPSA) is 50.8 Å². The highest BCUT2D eigenvalue weighted by atomic mass is 16.6. The molecule has 30 heavy (non-hydrogen) atoms. The fraction of sp³-hybridized carbons (Fsp3) is 0.720. The number of likely N-dealkylation sites (tertiary alicyclic amines) is 1. The number of carbonyl (C=O) groups is 1. The van der Waals surface area contributed by atoms with Gasteiger partial charge in [-0.15, -0.1) is 0 Å². The molecule has 1 heterocycles. The van der Waals surface area contributed by atoms with Crippen molar-refractivity contribution in [3.8, 4) is 5.75 Å². The molecule has 1 atom stereocenters. The van der Waals surface area contributed by atoms with Crippen molar-refractivity contribution in [2.45, 2.75) is 84.9 Å². The van der Waals surface area contributed by atoms with Crippen LogP contribution < -0.4 is 10.1 Å². The first-order valence-corrected chi connectivity index (χ1v) is 11.4. The number of benzene rings is 1. The maximum atomic E-state index is 12.4. The van der Waals surface area contributed by atoms with E-state index < -0.39 is 5.60 Å². The van der Waals surface area contributed by atoms with E-state index in [1.165, 1.54) is 24.8 Å². The van der Waals surface area contributed by atoms with Crippen molar-refractivity contribution in [3.63, 3.8) is 0 Å². The van der Waals surface area contributed by atoms with Gasteiger partial charge in [0.25, 0.3) is 0 Å². The number of rotatable bonds is 4. The van der Waals surface area contributed by atoms with Gasteiger partial charge in [-0.3, -0.25) is 0 Å². The van der Waals surface area contributed by atoms with E-state index in [4.69, 9.17) is 9.47 Å². The third-order valence-corrected chi connectivity index (χ3v) is 6.92. The van der Waals surface area contributed by atoms with Crippen LogP contribution in [0.15, 0.2) is 24.3 Å². The lowest BCUT2D eigenvalue weighted by Gasteiger charge is -2.52. The summed E-state index contributed by atoms with van der Waals surface area (Å²) in [5, 5.41) is 3.82. The van der Waals surface area contributed by atoms with Crippen LogP contribution in [0.25, 0.3) is 0 Å². The smallest absolute Gasteiger partial charge is 0.410 e. The Morgan fingerprint density at radius 3 is 2.30 bits per heavy atom. The molecular weight excluding hydrogens is 376 g/mol. The standard InChI is InChI=1S/C25H40N2O3/c1-23(2,3)30-22(28)27-15-13-25(14-16-27)12-11-21(24(4,5)18-25)26-17-19-7-9-20(29-6)10-8-19/h7-10,21,26H,11-18H2,1-6H3. The number of ether oxygens (including phenoxy) is 2. The first-order chi connectivity index (χ1) is 14.0. The Hall–Kier alpha value is -1.75. The van der Waals surface area contributed by atoms with E-state index in [-0.39, 0.29) is 11.5 Å². The third-order valence-electron chi connectivity index (χ3n) is 6.92. The summed E-state index contributed by atoms with van der Waals surface area (Å²) in [6.07, 6.45) is 5.64. The molecule has 5 nitrogen and oxygen atoms in total. The summed E-state index contributed by atoms with van der Waals surface area (Å²) in [6, 6.07) is 8.83. The van der Waals surface area contributed by atoms with E-state index >= 15 is 0 Å². The average Bonchev–Trinajstić information content (AvgIpc) is 2.66. The van der Waals surface area contributed by atoms with Gasteiger partial charge in [0.15, 0.2) is 0 Å². The van der Waals surface area contributed by atoms with Gasteiger partial charge in [-0.2, -0.15) is 0 Å². The zero-order valence-electron chi connectivity index (χ0n) is 19.7. The molecule has 1 aromatic rings. The number of piperidine rings is 1. The van der Waals surface area contributed by atoms with Crippen molar-refractivity contribution in [3.05, 3.63) is 29.8 Å². The van der Waals surface area contributed by atoms with Gasteiger partial charge in [0.2, 0.25) is 0 Å². The van der Waals surface area contributed by atoms with Gasteiger partial charge < -0.3 is 19.7 Å². The Bertz CT molecular complexity index is 713. The number of carbonyl (C=O) groups excluding carboxylic acids is 1. The zero-order chi connectivity index (χ0) is 22.0. The van der Waals surface area contributed by atoms with Gasteiger partial charge >= 0.3 is 6.09 Å². The molecule has 0 aromatic heterocycles. The molecule has 1 aliphatic carbocycles. The van der Waals surface area contributed by atoms with E-state index in [0.29, 0.717) is 11.5 Å². The minimum Gasteiger partial charge on any atom is -0.497 e. The SMILES string of the molecule is COc1ccc(CNC2CCC3(CCN(C(=O)OC(C)(C)C)CC3)CC2(C)C)cc1. The van der Waals surface area contributed by atoms with Gasteiger partial charge in [-0.1, -0.05) is 26.0 Å². The molecule has 168 valence electrons. The Morgan fingerprint density at radius 2 is 1.77 bits per heavy atom. The van der Waals surface area contributed by atoms with E-state index in [1.807, 2.05) is 37.8 Å². The highest BCUT2D eigenvalue weighted by Gasteiger charge is 2.46. The van der Waals surface area contributed by atoms with Gasteiger partial charge in [0.05, 0.1) is 7.11 Å². The monoisotopic (exact) mass is 416 g/mol. The molecule has 1 spiro atoms. The first-order valence-electron chi connectivity index (χ1n) is 11.4. The van der Waals surface area contributed by atoms with Crippen LogP contribution >= 0.6 is 0 Å². The highest BCUT2D eigenvalue weighted by molar-refractivity contribution is 5.68. The van der Waals surface area contributed by atoms with Crippen LogP contribution in [-0.2, 0) is 11.3 Å². The lowest BCUT2D eigenvalue weighted by Crippen LogP contribution is -2.53. The number of amides is 1. The summed E-state index contributed by atoms with van der Waals surface area (Å²) in [7, 11) is 1.70. The van der Waals surface area contributed by atoms with E-state index in [0.717, 1.165) is 38.2 Å². The normalized spacial score (nSPS) is 23.3. The van der Waals surface area contributed by atoms with E-state index in [1.54, 1.807) is 7.11 Å². The number of nitrogens with one attached hydrogen (secondary N) is 1. The lowest BCUT2D eigenvalue weighted by molar-refractivity contribution is -0.0188. The zero-order valence-corrected chi connectivity index (χ0v) is 19.7. The van der Waals surface area contributed by atoms with Gasteiger partial charge in [0, 0.05) is 25.7 Å². The van der Waals surface area contributed by atoms with Crippen LogP contribution in [0.4, 0.5) is 4.79 Å². The molecule has 2 fully saturated rings. The summed E-state index contributed by atoms with van der Waals surface area (Å²) in [5.41, 5.74) is 1.46. The predicted molar refractivity (Wildman–Crippen MR) is 121 cm³/mol. The molecule has 0 bridgehead atoms. The number of methoxy groups -OCH3 is 1. The average molecular weight is 417 g/mol. The van der Waals surface area contributed by atoms with Crippen LogP contribution in [0.3, 0.4) is 0 Å². The molecule has 5 heteroatoms. The second-order valence-corrected chi connectivity index (χ2v) is 11.0. The molecule has 1 unspecified atom stereocenters. The van der Waals surface area contributed by atoms with E-state index in [2.05, 4.69) is 31.3 Å². The Labute approximate surface area is 182 Å². The molecule has 3 rings (SSSR count). The van der Waals surface area contributed by atoms with Gasteiger partial charge in [-0.25, -0.2) is 4.79 Å². The van der Waals surface area contributed by atoms with Crippen molar-refractivity contribution in [1.82, 2.24) is 10.2 Å². The minimum atomic E-state index is -0.429. The summed E-state index contributed by atoms with van der Waals surface area (Å²) < 4.78 is 10.8. The van der Waals surface area contributed by atoms with Crippen molar-refractivity contribution in [2.24, 2.45) is 10.8 Å². The molecule has 1 N–H and O–H groups in total. The quantitative estimate of drug-likeness (QED) is 0.716. The predicted octanol–water partition coefficient (Wildman–Crippen LogP) is 5.38. The van der Waals surface area contributed by atoms with Crippen molar-refractivity contribution < 1.29 is 14.3 Å². The number of hydrogen-bond donors (Lipinski definition) is 1. The van der Waals surface area contributed by atoms with Crippen molar-refractivity contribution >= 4 is 6.09 Å². The molecule has 1 saturated carbocycles. The third kappa shape index (κ3) is 5.69. The molecule has 0 radical (unpaired) electrons. The van der Waals surface area contributed by atoms with Crippen LogP contribution in [-0.4, -0.2) is 42.8 Å². The fourth-order valence-corrected chi connectivity index (χ4v) is 5.30. The molecule has 1 aromatic carbocycles. The molecule has 1 amide bonds. The second kappa shape index (κ2) is 8.78. The maximum Gasteiger partial charge on any atom is 0.410 e. The highest BCUT2D eigenvalue weighted by Crippen LogP contribution is 2.51. The Kier molecular flexibility index (Phi) is 6.71. The second-order valence-electron chi connectivity index (χ2n) is 11.0. The van der Waals surface area contributed by atoms with Crippen molar-refractivity contribution in [1.29, 1.82) is 0 Å². The van der Waals surface area contributed by atoms with Gasteiger partial charge in [0.1, 0.15) is 11.4 Å². The molecular formula is C25H40N2O3. The number of nitrogens with zero attached hydrogens (tertiary/aromatic N) is 1. The molecule has 1 aliphatic heterocycles. The summed E-state index contributed by atoms with van der Waals surface area (Å²) in [6.45, 7) is 13.1. The van der Waals surface area contributed by atoms with Crippen molar-refractivity contribution in [2.75, 3.05) is 20.2 Å². The van der Waals surface area contributed by atoms with Crippen LogP contribution in [0.5, 0.6) is 5.75 Å². The van der Waals surface area contributed by atoms with E-state index in [9.17, 15) is 4.79 Å². The van der Waals surface area contributed by atoms with Crippen LogP contribution in [0.1, 0.15) is 72.3 Å². The Balaban J connectivity index is 1.52. The van der Waals surface area contributed by atoms with Crippen LogP contribution in [0, 0.1) is 10.8 Å². The lowest BCUT2D eigenvalue weighted by atomic mass is 9.58. The van der Waals surface area contributed by atoms with Crippen LogP contribution in [0.2, 0.25) is 0 Å². The summed E-state index contributed by atoms with van der Waals surface area (Å²) in [4.78, 5) is 14.3. The number of hydrogen-bond acceptors (Lipinski definition) is 4. The Morgan fingerprint density at radius 1 is 1.13 bits per heavy atom. The summed E-state index contributed by atoms with van der Waals surface area (Å²) in [5.74, 6) is 0.899.